The lowest BCUT2D eigenvalue weighted by molar-refractivity contribution is -0.139. The van der Waals surface area contributed by atoms with Crippen LogP contribution in [-0.2, 0) is 21.0 Å². The van der Waals surface area contributed by atoms with E-state index in [2.05, 4.69) is 35.7 Å². The number of aromatic nitrogens is 1. The number of benzene rings is 2. The molecule has 9 heteroatoms. The van der Waals surface area contributed by atoms with E-state index < -0.39 is 32.1 Å². The molecule has 1 unspecified atom stereocenters. The van der Waals surface area contributed by atoms with Crippen LogP contribution in [0.25, 0.3) is 10.9 Å². The van der Waals surface area contributed by atoms with Gasteiger partial charge in [-0.15, -0.1) is 0 Å². The van der Waals surface area contributed by atoms with Gasteiger partial charge in [0, 0.05) is 34.8 Å². The van der Waals surface area contributed by atoms with Gasteiger partial charge in [0.25, 0.3) is 0 Å². The Hall–Kier alpha value is -3.27. The van der Waals surface area contributed by atoms with Crippen molar-refractivity contribution in [3.8, 4) is 0 Å². The van der Waals surface area contributed by atoms with Gasteiger partial charge in [-0.1, -0.05) is 56.0 Å². The van der Waals surface area contributed by atoms with Gasteiger partial charge in [-0.3, -0.25) is 14.6 Å². The largest absolute Gasteiger partial charge is 0.480 e. The number of nitrogens with two attached hydrogens (primary N) is 2. The van der Waals surface area contributed by atoms with E-state index in [4.69, 9.17) is 21.7 Å². The number of carbonyl (C=O) groups is 2. The van der Waals surface area contributed by atoms with Crippen molar-refractivity contribution in [2.45, 2.75) is 49.6 Å². The standard InChI is InChI=1S/C14H20N2O2Si.C11H12N2O2/c1-19(2,3)14(8-11(15)13(17)18)9-16-12-7-5-4-6-10(12)14;12-9(11(14)15)5-7-6-13-10-4-2-1-3-8(7)10/h4-7,9,11H,8,15H2,1-3H3,(H,17,18);1-4,6,9,13H,5,12H2,(H,14,15)/t11-,14?;9-/m00/s1. The van der Waals surface area contributed by atoms with Crippen LogP contribution in [0.4, 0.5) is 5.69 Å². The number of nitrogens with one attached hydrogen (secondary N) is 1. The summed E-state index contributed by atoms with van der Waals surface area (Å²) >= 11 is 0. The molecule has 3 atom stereocenters. The summed E-state index contributed by atoms with van der Waals surface area (Å²) in [7, 11) is -1.73. The second-order valence-electron chi connectivity index (χ2n) is 9.65. The summed E-state index contributed by atoms with van der Waals surface area (Å²) < 4.78 is 0. The molecular weight excluding hydrogens is 448 g/mol. The summed E-state index contributed by atoms with van der Waals surface area (Å²) in [6, 6.07) is 14.0. The molecule has 180 valence electrons. The molecule has 1 aliphatic heterocycles. The zero-order chi connectivity index (χ0) is 25.1. The van der Waals surface area contributed by atoms with Gasteiger partial charge in [0.05, 0.1) is 13.8 Å². The Bertz CT molecular complexity index is 1220. The minimum Gasteiger partial charge on any atom is -0.480 e. The SMILES string of the molecule is C[Si](C)(C)C1(C[C@H](N)C(=O)O)C=Nc2ccccc21.N[C@@H](Cc1c[nH]c2ccccc12)C(=O)O. The van der Waals surface area contributed by atoms with Crippen LogP contribution in [-0.4, -0.2) is 53.5 Å². The number of aromatic amines is 1. The van der Waals surface area contributed by atoms with Crippen molar-refractivity contribution in [2.24, 2.45) is 16.5 Å². The highest BCUT2D eigenvalue weighted by Crippen LogP contribution is 2.45. The predicted molar refractivity (Wildman–Crippen MR) is 137 cm³/mol. The highest BCUT2D eigenvalue weighted by Gasteiger charge is 2.48. The first-order chi connectivity index (χ1) is 16.0. The van der Waals surface area contributed by atoms with Gasteiger partial charge in [0.1, 0.15) is 12.1 Å². The van der Waals surface area contributed by atoms with E-state index in [-0.39, 0.29) is 5.04 Å². The Morgan fingerprint density at radius 3 is 2.26 bits per heavy atom. The molecular formula is C25H32N4O4Si. The highest BCUT2D eigenvalue weighted by molar-refractivity contribution is 6.82. The maximum atomic E-state index is 11.1. The van der Waals surface area contributed by atoms with Crippen molar-refractivity contribution < 1.29 is 19.8 Å². The van der Waals surface area contributed by atoms with Crippen molar-refractivity contribution in [2.75, 3.05) is 0 Å². The monoisotopic (exact) mass is 480 g/mol. The summed E-state index contributed by atoms with van der Waals surface area (Å²) in [5, 5.41) is 18.6. The number of aliphatic imine (C=N–C) groups is 1. The van der Waals surface area contributed by atoms with Gasteiger partial charge >= 0.3 is 11.9 Å². The smallest absolute Gasteiger partial charge is 0.320 e. The molecule has 2 aromatic carbocycles. The van der Waals surface area contributed by atoms with Crippen LogP contribution < -0.4 is 11.5 Å². The molecule has 34 heavy (non-hydrogen) atoms. The summed E-state index contributed by atoms with van der Waals surface area (Å²) in [5.41, 5.74) is 15.3. The van der Waals surface area contributed by atoms with Crippen molar-refractivity contribution >= 4 is 42.8 Å². The molecule has 0 amide bonds. The number of hydrogen-bond donors (Lipinski definition) is 5. The first-order valence-electron chi connectivity index (χ1n) is 11.1. The summed E-state index contributed by atoms with van der Waals surface area (Å²) in [6.07, 6.45) is 4.51. The van der Waals surface area contributed by atoms with Gasteiger partial charge in [-0.25, -0.2) is 0 Å². The molecule has 0 radical (unpaired) electrons. The van der Waals surface area contributed by atoms with E-state index in [0.29, 0.717) is 12.8 Å². The molecule has 0 saturated carbocycles. The molecule has 7 N–H and O–H groups in total. The fourth-order valence-electron chi connectivity index (χ4n) is 4.34. The summed E-state index contributed by atoms with van der Waals surface area (Å²) in [6.45, 7) is 6.70. The second-order valence-corrected chi connectivity index (χ2v) is 15.0. The number of rotatable bonds is 7. The molecule has 1 aromatic heterocycles. The van der Waals surface area contributed by atoms with Gasteiger partial charge in [-0.05, 0) is 29.7 Å². The van der Waals surface area contributed by atoms with E-state index in [1.807, 2.05) is 54.9 Å². The van der Waals surface area contributed by atoms with Gasteiger partial charge in [0.2, 0.25) is 0 Å². The number of hydrogen-bond acceptors (Lipinski definition) is 5. The van der Waals surface area contributed by atoms with E-state index in [1.165, 1.54) is 0 Å². The van der Waals surface area contributed by atoms with Crippen LogP contribution in [0, 0.1) is 0 Å². The minimum atomic E-state index is -1.73. The molecule has 4 rings (SSSR count). The second kappa shape index (κ2) is 9.92. The van der Waals surface area contributed by atoms with Crippen LogP contribution in [0.15, 0.2) is 59.7 Å². The number of fused-ring (bicyclic) bond motifs is 2. The number of aliphatic carboxylic acids is 2. The van der Waals surface area contributed by atoms with E-state index in [9.17, 15) is 9.59 Å². The first kappa shape index (κ1) is 25.4. The lowest BCUT2D eigenvalue weighted by Gasteiger charge is -2.40. The predicted octanol–water partition coefficient (Wildman–Crippen LogP) is 3.44. The lowest BCUT2D eigenvalue weighted by atomic mass is 9.92. The van der Waals surface area contributed by atoms with Crippen LogP contribution in [0.5, 0.6) is 0 Å². The molecule has 0 aliphatic carbocycles. The normalized spacial score (nSPS) is 18.6. The van der Waals surface area contributed by atoms with E-state index >= 15 is 0 Å². The number of H-pyrrole nitrogens is 1. The molecule has 1 aliphatic rings. The topological polar surface area (TPSA) is 155 Å². The fraction of sp³-hybridized carbons (Fsp3) is 0.320. The Balaban J connectivity index is 0.000000196. The fourth-order valence-corrected chi connectivity index (χ4v) is 6.64. The zero-order valence-electron chi connectivity index (χ0n) is 19.7. The minimum absolute atomic E-state index is 0.290. The Morgan fingerprint density at radius 2 is 1.62 bits per heavy atom. The Kier molecular flexibility index (Phi) is 7.40. The van der Waals surface area contributed by atoms with Crippen molar-refractivity contribution in [1.82, 2.24) is 4.98 Å². The lowest BCUT2D eigenvalue weighted by Crippen LogP contribution is -2.54. The highest BCUT2D eigenvalue weighted by atomic mass is 28.3. The molecule has 0 saturated heterocycles. The molecule has 0 fully saturated rings. The van der Waals surface area contributed by atoms with Crippen molar-refractivity contribution in [1.29, 1.82) is 0 Å². The van der Waals surface area contributed by atoms with Crippen LogP contribution in [0.1, 0.15) is 17.5 Å². The zero-order valence-corrected chi connectivity index (χ0v) is 20.7. The molecule has 0 spiro atoms. The van der Waals surface area contributed by atoms with E-state index in [0.717, 1.165) is 27.7 Å². The number of para-hydroxylation sites is 2. The summed E-state index contributed by atoms with van der Waals surface area (Å²) in [4.78, 5) is 29.3. The number of nitrogens with zero attached hydrogens (tertiary/aromatic N) is 1. The van der Waals surface area contributed by atoms with Crippen LogP contribution in [0.2, 0.25) is 19.6 Å². The van der Waals surface area contributed by atoms with Crippen molar-refractivity contribution in [3.63, 3.8) is 0 Å². The van der Waals surface area contributed by atoms with Crippen LogP contribution >= 0.6 is 0 Å². The average Bonchev–Trinajstić information content (AvgIpc) is 3.36. The first-order valence-corrected chi connectivity index (χ1v) is 14.6. The third-order valence-electron chi connectivity index (χ3n) is 6.44. The third kappa shape index (κ3) is 5.11. The van der Waals surface area contributed by atoms with Gasteiger partial charge < -0.3 is 26.7 Å². The average molecular weight is 481 g/mol. The number of carboxylic acids is 2. The maximum absolute atomic E-state index is 11.1. The molecule has 8 nitrogen and oxygen atoms in total. The van der Waals surface area contributed by atoms with Gasteiger partial charge in [0.15, 0.2) is 0 Å². The Morgan fingerprint density at radius 1 is 1.00 bits per heavy atom. The van der Waals surface area contributed by atoms with Crippen molar-refractivity contribution in [3.05, 3.63) is 65.9 Å². The molecule has 0 bridgehead atoms. The third-order valence-corrected chi connectivity index (χ3v) is 9.72. The number of carboxylic acid groups (broad SMARTS) is 2. The van der Waals surface area contributed by atoms with Gasteiger partial charge in [-0.2, -0.15) is 0 Å². The van der Waals surface area contributed by atoms with E-state index in [1.54, 1.807) is 0 Å². The Labute approximate surface area is 199 Å². The molecule has 2 heterocycles. The van der Waals surface area contributed by atoms with Crippen LogP contribution in [0.3, 0.4) is 0 Å². The molecule has 3 aromatic rings. The maximum Gasteiger partial charge on any atom is 0.320 e. The quantitative estimate of drug-likeness (QED) is 0.326. The summed E-state index contributed by atoms with van der Waals surface area (Å²) in [5.74, 6) is -1.92.